The average Bonchev–Trinajstić information content (AvgIpc) is 2.73. The summed E-state index contributed by atoms with van der Waals surface area (Å²) in [5.74, 6) is -0.0656. The SMILES string of the molecule is O=C(CC1CC2CCC(C1)N2)Nc1cc(Br)ccc1F. The van der Waals surface area contributed by atoms with Crippen molar-refractivity contribution in [1.29, 1.82) is 0 Å². The number of hydrogen-bond donors (Lipinski definition) is 2. The van der Waals surface area contributed by atoms with E-state index in [4.69, 9.17) is 0 Å². The summed E-state index contributed by atoms with van der Waals surface area (Å²) in [6.07, 6.45) is 5.06. The molecular formula is C15H18BrFN2O. The quantitative estimate of drug-likeness (QED) is 0.884. The van der Waals surface area contributed by atoms with E-state index in [1.165, 1.54) is 18.9 Å². The van der Waals surface area contributed by atoms with Gasteiger partial charge in [0.05, 0.1) is 5.69 Å². The van der Waals surface area contributed by atoms with Crippen LogP contribution in [0.1, 0.15) is 32.1 Å². The molecule has 0 aliphatic carbocycles. The summed E-state index contributed by atoms with van der Waals surface area (Å²) in [6.45, 7) is 0. The van der Waals surface area contributed by atoms with Gasteiger partial charge in [0.15, 0.2) is 0 Å². The van der Waals surface area contributed by atoms with Crippen LogP contribution in [-0.4, -0.2) is 18.0 Å². The van der Waals surface area contributed by atoms with Crippen molar-refractivity contribution in [3.8, 4) is 0 Å². The van der Waals surface area contributed by atoms with Gasteiger partial charge in [-0.2, -0.15) is 0 Å². The molecular weight excluding hydrogens is 323 g/mol. The Morgan fingerprint density at radius 2 is 2.05 bits per heavy atom. The minimum absolute atomic E-state index is 0.0895. The van der Waals surface area contributed by atoms with Gasteiger partial charge in [-0.1, -0.05) is 15.9 Å². The molecule has 2 aliphatic heterocycles. The molecule has 2 aliphatic rings. The van der Waals surface area contributed by atoms with Crippen molar-refractivity contribution in [1.82, 2.24) is 5.32 Å². The number of anilines is 1. The zero-order valence-corrected chi connectivity index (χ0v) is 12.7. The zero-order chi connectivity index (χ0) is 14.1. The molecule has 108 valence electrons. The predicted molar refractivity (Wildman–Crippen MR) is 80.0 cm³/mol. The molecule has 2 heterocycles. The van der Waals surface area contributed by atoms with Crippen LogP contribution in [0.3, 0.4) is 0 Å². The maximum atomic E-state index is 13.6. The molecule has 20 heavy (non-hydrogen) atoms. The molecule has 2 fully saturated rings. The Kier molecular flexibility index (Phi) is 4.08. The van der Waals surface area contributed by atoms with Crippen LogP contribution in [0.4, 0.5) is 10.1 Å². The lowest BCUT2D eigenvalue weighted by Crippen LogP contribution is -2.39. The topological polar surface area (TPSA) is 41.1 Å². The van der Waals surface area contributed by atoms with Gasteiger partial charge in [0.1, 0.15) is 5.82 Å². The fraction of sp³-hybridized carbons (Fsp3) is 0.533. The van der Waals surface area contributed by atoms with Crippen molar-refractivity contribution in [2.24, 2.45) is 5.92 Å². The van der Waals surface area contributed by atoms with Crippen molar-refractivity contribution in [2.75, 3.05) is 5.32 Å². The number of piperidine rings is 1. The lowest BCUT2D eigenvalue weighted by molar-refractivity contribution is -0.117. The number of rotatable bonds is 3. The minimum atomic E-state index is -0.396. The molecule has 5 heteroatoms. The van der Waals surface area contributed by atoms with Gasteiger partial charge in [-0.15, -0.1) is 0 Å². The Hall–Kier alpha value is -0.940. The van der Waals surface area contributed by atoms with E-state index in [-0.39, 0.29) is 11.6 Å². The number of hydrogen-bond acceptors (Lipinski definition) is 2. The zero-order valence-electron chi connectivity index (χ0n) is 11.2. The summed E-state index contributed by atoms with van der Waals surface area (Å²) in [7, 11) is 0. The van der Waals surface area contributed by atoms with Crippen LogP contribution < -0.4 is 10.6 Å². The highest BCUT2D eigenvalue weighted by molar-refractivity contribution is 9.10. The fourth-order valence-corrected chi connectivity index (χ4v) is 3.76. The third-order valence-corrected chi connectivity index (χ3v) is 4.74. The molecule has 3 nitrogen and oxygen atoms in total. The van der Waals surface area contributed by atoms with E-state index >= 15 is 0 Å². The number of fused-ring (bicyclic) bond motifs is 2. The van der Waals surface area contributed by atoms with Crippen molar-refractivity contribution >= 4 is 27.5 Å². The van der Waals surface area contributed by atoms with Gasteiger partial charge in [-0.3, -0.25) is 4.79 Å². The third kappa shape index (κ3) is 3.20. The standard InChI is InChI=1S/C15H18BrFN2O/c16-10-1-4-13(17)14(8-10)19-15(20)7-9-5-11-2-3-12(6-9)18-11/h1,4,8-9,11-12,18H,2-3,5-7H2,(H,19,20). The molecule has 0 saturated carbocycles. The second kappa shape index (κ2) is 5.82. The van der Waals surface area contributed by atoms with Crippen LogP contribution in [0, 0.1) is 11.7 Å². The molecule has 2 atom stereocenters. The van der Waals surface area contributed by atoms with E-state index in [1.54, 1.807) is 12.1 Å². The molecule has 2 saturated heterocycles. The number of benzene rings is 1. The van der Waals surface area contributed by atoms with Crippen molar-refractivity contribution in [3.05, 3.63) is 28.5 Å². The summed E-state index contributed by atoms with van der Waals surface area (Å²) in [6, 6.07) is 5.72. The Morgan fingerprint density at radius 1 is 1.35 bits per heavy atom. The molecule has 1 aromatic carbocycles. The lowest BCUT2D eigenvalue weighted by atomic mass is 9.89. The number of halogens is 2. The number of amides is 1. The Labute approximate surface area is 126 Å². The normalized spacial score (nSPS) is 28.4. The van der Waals surface area contributed by atoms with Crippen LogP contribution in [0.2, 0.25) is 0 Å². The second-order valence-corrected chi connectivity index (χ2v) is 6.77. The van der Waals surface area contributed by atoms with E-state index in [0.29, 0.717) is 24.4 Å². The van der Waals surface area contributed by atoms with E-state index in [2.05, 4.69) is 26.6 Å². The van der Waals surface area contributed by atoms with E-state index in [1.807, 2.05) is 0 Å². The highest BCUT2D eigenvalue weighted by atomic mass is 79.9. The Bertz CT molecular complexity index is 511. The summed E-state index contributed by atoms with van der Waals surface area (Å²) in [5.41, 5.74) is 0.251. The second-order valence-electron chi connectivity index (χ2n) is 5.85. The lowest BCUT2D eigenvalue weighted by Gasteiger charge is -2.28. The summed E-state index contributed by atoms with van der Waals surface area (Å²) >= 11 is 3.28. The van der Waals surface area contributed by atoms with Crippen molar-refractivity contribution in [3.63, 3.8) is 0 Å². The third-order valence-electron chi connectivity index (χ3n) is 4.25. The molecule has 3 rings (SSSR count). The van der Waals surface area contributed by atoms with Crippen molar-refractivity contribution < 1.29 is 9.18 Å². The first kappa shape index (κ1) is 14.0. The minimum Gasteiger partial charge on any atom is -0.324 e. The van der Waals surface area contributed by atoms with Crippen molar-refractivity contribution in [2.45, 2.75) is 44.2 Å². The molecule has 2 bridgehead atoms. The molecule has 2 N–H and O–H groups in total. The number of carbonyl (C=O) groups excluding carboxylic acids is 1. The smallest absolute Gasteiger partial charge is 0.224 e. The Balaban J connectivity index is 1.58. The Morgan fingerprint density at radius 3 is 2.75 bits per heavy atom. The van der Waals surface area contributed by atoms with Gasteiger partial charge in [-0.05, 0) is 49.8 Å². The van der Waals surface area contributed by atoms with E-state index < -0.39 is 5.82 Å². The number of nitrogens with one attached hydrogen (secondary N) is 2. The van der Waals surface area contributed by atoms with Gasteiger partial charge >= 0.3 is 0 Å². The molecule has 1 aromatic rings. The summed E-state index contributed by atoms with van der Waals surface area (Å²) in [4.78, 5) is 12.1. The first-order valence-corrected chi connectivity index (χ1v) is 7.90. The summed E-state index contributed by atoms with van der Waals surface area (Å²) in [5, 5.41) is 6.25. The van der Waals surface area contributed by atoms with Crippen LogP contribution in [-0.2, 0) is 4.79 Å². The molecule has 1 amide bonds. The highest BCUT2D eigenvalue weighted by Gasteiger charge is 2.34. The van der Waals surface area contributed by atoms with Crippen LogP contribution >= 0.6 is 15.9 Å². The molecule has 0 spiro atoms. The first-order chi connectivity index (χ1) is 9.60. The van der Waals surface area contributed by atoms with E-state index in [0.717, 1.165) is 17.3 Å². The molecule has 2 unspecified atom stereocenters. The maximum absolute atomic E-state index is 13.6. The van der Waals surface area contributed by atoms with Gasteiger partial charge < -0.3 is 10.6 Å². The first-order valence-electron chi connectivity index (χ1n) is 7.11. The molecule has 0 radical (unpaired) electrons. The molecule has 0 aromatic heterocycles. The van der Waals surface area contributed by atoms with Crippen LogP contribution in [0.15, 0.2) is 22.7 Å². The van der Waals surface area contributed by atoms with Gasteiger partial charge in [0.2, 0.25) is 5.91 Å². The predicted octanol–water partition coefficient (Wildman–Crippen LogP) is 3.45. The maximum Gasteiger partial charge on any atom is 0.224 e. The van der Waals surface area contributed by atoms with Gasteiger partial charge in [0, 0.05) is 23.0 Å². The largest absolute Gasteiger partial charge is 0.324 e. The van der Waals surface area contributed by atoms with Gasteiger partial charge in [0.25, 0.3) is 0 Å². The fourth-order valence-electron chi connectivity index (χ4n) is 3.40. The average molecular weight is 341 g/mol. The summed E-state index contributed by atoms with van der Waals surface area (Å²) < 4.78 is 14.4. The monoisotopic (exact) mass is 340 g/mol. The highest BCUT2D eigenvalue weighted by Crippen LogP contribution is 2.33. The van der Waals surface area contributed by atoms with Gasteiger partial charge in [-0.25, -0.2) is 4.39 Å². The number of carbonyl (C=O) groups is 1. The van der Waals surface area contributed by atoms with Crippen LogP contribution in [0.5, 0.6) is 0 Å². The van der Waals surface area contributed by atoms with Crippen LogP contribution in [0.25, 0.3) is 0 Å². The van der Waals surface area contributed by atoms with E-state index in [9.17, 15) is 9.18 Å².